The van der Waals surface area contributed by atoms with Crippen LogP contribution < -0.4 is 0 Å². The Morgan fingerprint density at radius 3 is 2.63 bits per heavy atom. The molecule has 9 nitrogen and oxygen atoms in total. The largest absolute Gasteiger partial charge is 0.388 e. The van der Waals surface area contributed by atoms with Gasteiger partial charge in [-0.25, -0.2) is 0 Å². The minimum absolute atomic E-state index is 0.0414. The number of aliphatic hydroxyl groups excluding tert-OH is 2. The summed E-state index contributed by atoms with van der Waals surface area (Å²) in [4.78, 5) is 16.2. The number of methoxy groups -OCH3 is 1. The van der Waals surface area contributed by atoms with Gasteiger partial charge in [0, 0.05) is 65.6 Å². The number of ether oxygens (including phenoxy) is 2. The summed E-state index contributed by atoms with van der Waals surface area (Å²) in [6.07, 6.45) is 1.86. The van der Waals surface area contributed by atoms with Crippen LogP contribution in [0.3, 0.4) is 0 Å². The number of carbonyl (C=O) groups excluding carboxylic acids is 1. The van der Waals surface area contributed by atoms with Gasteiger partial charge in [0.2, 0.25) is 5.91 Å². The lowest BCUT2D eigenvalue weighted by Gasteiger charge is -2.31. The van der Waals surface area contributed by atoms with E-state index >= 15 is 0 Å². The van der Waals surface area contributed by atoms with Crippen molar-refractivity contribution in [2.45, 2.75) is 58.0 Å². The first kappa shape index (κ1) is 24.7. The van der Waals surface area contributed by atoms with Crippen molar-refractivity contribution < 1.29 is 24.5 Å². The van der Waals surface area contributed by atoms with Crippen molar-refractivity contribution in [3.8, 4) is 0 Å². The number of aromatic nitrogens is 2. The molecule has 172 valence electrons. The Morgan fingerprint density at radius 2 is 2.00 bits per heavy atom. The van der Waals surface area contributed by atoms with Gasteiger partial charge in [-0.05, 0) is 32.7 Å². The third-order valence-corrected chi connectivity index (χ3v) is 5.64. The maximum absolute atomic E-state index is 12.1. The fourth-order valence-corrected chi connectivity index (χ4v) is 3.81. The summed E-state index contributed by atoms with van der Waals surface area (Å²) < 4.78 is 12.8. The van der Waals surface area contributed by atoms with Crippen LogP contribution in [0.4, 0.5) is 0 Å². The number of amides is 1. The standard InChI is InChI=1S/C21H38N4O5/c1-16-18(12-23(3)22-16)13-24-8-5-6-11-30-15-19(27)21(28)20(29-4)14-25(17(2)26)10-7-9-24/h12,19-21,27-28H,5-11,13-15H2,1-4H3/t19-,20-,21-/m0/s1. The van der Waals surface area contributed by atoms with Gasteiger partial charge in [-0.3, -0.25) is 14.4 Å². The van der Waals surface area contributed by atoms with E-state index in [1.165, 1.54) is 19.6 Å². The second kappa shape index (κ2) is 12.4. The predicted octanol–water partition coefficient (Wildman–Crippen LogP) is 0.316. The van der Waals surface area contributed by atoms with Gasteiger partial charge in [-0.15, -0.1) is 0 Å². The molecule has 2 N–H and O–H groups in total. The van der Waals surface area contributed by atoms with E-state index in [0.29, 0.717) is 13.2 Å². The Labute approximate surface area is 179 Å². The summed E-state index contributed by atoms with van der Waals surface area (Å²) in [5.74, 6) is -0.0750. The summed E-state index contributed by atoms with van der Waals surface area (Å²) in [6.45, 7) is 7.49. The van der Waals surface area contributed by atoms with E-state index in [0.717, 1.165) is 44.6 Å². The van der Waals surface area contributed by atoms with E-state index in [1.807, 2.05) is 18.7 Å². The highest BCUT2D eigenvalue weighted by Crippen LogP contribution is 2.13. The van der Waals surface area contributed by atoms with Crippen molar-refractivity contribution >= 4 is 5.91 Å². The van der Waals surface area contributed by atoms with Crippen molar-refractivity contribution in [2.75, 3.05) is 46.5 Å². The molecule has 0 saturated carbocycles. The highest BCUT2D eigenvalue weighted by molar-refractivity contribution is 5.73. The van der Waals surface area contributed by atoms with Crippen LogP contribution >= 0.6 is 0 Å². The first-order chi connectivity index (χ1) is 14.3. The Morgan fingerprint density at radius 1 is 1.27 bits per heavy atom. The molecule has 1 saturated heterocycles. The second-order valence-corrected chi connectivity index (χ2v) is 8.12. The average Bonchev–Trinajstić information content (AvgIpc) is 3.01. The smallest absolute Gasteiger partial charge is 0.219 e. The van der Waals surface area contributed by atoms with E-state index in [2.05, 4.69) is 16.2 Å². The number of aliphatic hydroxyl groups is 2. The van der Waals surface area contributed by atoms with Gasteiger partial charge in [0.15, 0.2) is 0 Å². The highest BCUT2D eigenvalue weighted by Gasteiger charge is 2.29. The molecule has 1 aromatic heterocycles. The van der Waals surface area contributed by atoms with Crippen LogP contribution in [0, 0.1) is 6.92 Å². The van der Waals surface area contributed by atoms with Gasteiger partial charge >= 0.3 is 0 Å². The van der Waals surface area contributed by atoms with Gasteiger partial charge in [-0.2, -0.15) is 5.10 Å². The Bertz CT molecular complexity index is 653. The minimum atomic E-state index is -1.12. The maximum atomic E-state index is 12.1. The average molecular weight is 427 g/mol. The molecule has 1 amide bonds. The van der Waals surface area contributed by atoms with Gasteiger partial charge in [-0.1, -0.05) is 0 Å². The van der Waals surface area contributed by atoms with Gasteiger partial charge < -0.3 is 24.6 Å². The normalized spacial score (nSPS) is 26.2. The minimum Gasteiger partial charge on any atom is -0.388 e. The number of rotatable bonds is 3. The summed E-state index contributed by atoms with van der Waals surface area (Å²) in [7, 11) is 3.41. The van der Waals surface area contributed by atoms with Crippen LogP contribution in [0.2, 0.25) is 0 Å². The number of hydrogen-bond acceptors (Lipinski definition) is 7. The molecule has 0 bridgehead atoms. The van der Waals surface area contributed by atoms with Crippen LogP contribution in [0.1, 0.15) is 37.4 Å². The Kier molecular flexibility index (Phi) is 10.2. The SMILES string of the molecule is CO[C@H]1CN(C(C)=O)CCCN(Cc2cn(C)nc2C)CCCCOC[C@H](O)[C@@H]1O. The molecule has 0 unspecified atom stereocenters. The molecule has 30 heavy (non-hydrogen) atoms. The van der Waals surface area contributed by atoms with Crippen molar-refractivity contribution in [3.63, 3.8) is 0 Å². The number of nitrogens with zero attached hydrogens (tertiary/aromatic N) is 4. The summed E-state index contributed by atoms with van der Waals surface area (Å²) in [5.41, 5.74) is 2.24. The van der Waals surface area contributed by atoms with E-state index < -0.39 is 18.3 Å². The molecule has 1 aliphatic rings. The molecule has 9 heteroatoms. The monoisotopic (exact) mass is 426 g/mol. The van der Waals surface area contributed by atoms with Gasteiger partial charge in [0.05, 0.1) is 12.3 Å². The van der Waals surface area contributed by atoms with Gasteiger partial charge in [0.25, 0.3) is 0 Å². The molecule has 0 aliphatic carbocycles. The first-order valence-electron chi connectivity index (χ1n) is 10.8. The molecular weight excluding hydrogens is 388 g/mol. The van der Waals surface area contributed by atoms with Crippen molar-refractivity contribution in [3.05, 3.63) is 17.5 Å². The third-order valence-electron chi connectivity index (χ3n) is 5.64. The number of carbonyl (C=O) groups is 1. The molecule has 1 aliphatic heterocycles. The molecule has 1 aromatic rings. The van der Waals surface area contributed by atoms with Crippen LogP contribution in [0.25, 0.3) is 0 Å². The molecule has 0 aromatic carbocycles. The quantitative estimate of drug-likeness (QED) is 0.718. The summed E-state index contributed by atoms with van der Waals surface area (Å²) >= 11 is 0. The zero-order valence-electron chi connectivity index (χ0n) is 18.8. The molecule has 1 fully saturated rings. The topological polar surface area (TPSA) is 100 Å². The summed E-state index contributed by atoms with van der Waals surface area (Å²) in [6, 6.07) is 0. The molecule has 2 heterocycles. The van der Waals surface area contributed by atoms with Crippen LogP contribution in [0.15, 0.2) is 6.20 Å². The molecule has 0 spiro atoms. The second-order valence-electron chi connectivity index (χ2n) is 8.12. The molecule has 0 radical (unpaired) electrons. The van der Waals surface area contributed by atoms with E-state index in [1.54, 1.807) is 4.90 Å². The lowest BCUT2D eigenvalue weighted by atomic mass is 10.1. The first-order valence-corrected chi connectivity index (χ1v) is 10.8. The lowest BCUT2D eigenvalue weighted by Crippen LogP contribution is -2.48. The predicted molar refractivity (Wildman–Crippen MR) is 113 cm³/mol. The fraction of sp³-hybridized carbons (Fsp3) is 0.810. The van der Waals surface area contributed by atoms with Crippen LogP contribution in [-0.2, 0) is 27.9 Å². The van der Waals surface area contributed by atoms with E-state index in [4.69, 9.17) is 9.47 Å². The maximum Gasteiger partial charge on any atom is 0.219 e. The molecule has 3 atom stereocenters. The van der Waals surface area contributed by atoms with Crippen molar-refractivity contribution in [2.24, 2.45) is 7.05 Å². The van der Waals surface area contributed by atoms with Crippen molar-refractivity contribution in [1.29, 1.82) is 0 Å². The van der Waals surface area contributed by atoms with Crippen molar-refractivity contribution in [1.82, 2.24) is 19.6 Å². The van der Waals surface area contributed by atoms with E-state index in [9.17, 15) is 15.0 Å². The van der Waals surface area contributed by atoms with E-state index in [-0.39, 0.29) is 19.1 Å². The van der Waals surface area contributed by atoms with Crippen LogP contribution in [-0.4, -0.2) is 101 Å². The third kappa shape index (κ3) is 7.63. The molecule has 2 rings (SSSR count). The van der Waals surface area contributed by atoms with Gasteiger partial charge in [0.1, 0.15) is 18.3 Å². The number of hydrogen-bond donors (Lipinski definition) is 2. The zero-order chi connectivity index (χ0) is 22.1. The highest BCUT2D eigenvalue weighted by atomic mass is 16.5. The molecular formula is C21H38N4O5. The number of aryl methyl sites for hydroxylation is 2. The van der Waals surface area contributed by atoms with Crippen LogP contribution in [0.5, 0.6) is 0 Å². The zero-order valence-corrected chi connectivity index (χ0v) is 18.8. The fourth-order valence-electron chi connectivity index (χ4n) is 3.81. The Balaban J connectivity index is 2.07. The Hall–Kier alpha value is -1.52. The summed E-state index contributed by atoms with van der Waals surface area (Å²) in [5, 5.41) is 25.1. The lowest BCUT2D eigenvalue weighted by molar-refractivity contribution is -0.136.